The van der Waals surface area contributed by atoms with E-state index in [9.17, 15) is 0 Å². The van der Waals surface area contributed by atoms with Crippen molar-refractivity contribution in [3.8, 4) is 44.5 Å². The maximum atomic E-state index is 2.38. The van der Waals surface area contributed by atoms with Crippen LogP contribution in [-0.2, 0) is 0 Å². The van der Waals surface area contributed by atoms with Crippen molar-refractivity contribution in [2.45, 2.75) is 0 Å². The van der Waals surface area contributed by atoms with Gasteiger partial charge in [0.1, 0.15) is 0 Å². The van der Waals surface area contributed by atoms with Gasteiger partial charge in [0.05, 0.1) is 0 Å². The predicted molar refractivity (Wildman–Crippen MR) is 216 cm³/mol. The number of hydrogen-bond donors (Lipinski definition) is 0. The minimum Gasteiger partial charge on any atom is -0.0616 e. The van der Waals surface area contributed by atoms with E-state index >= 15 is 0 Å². The van der Waals surface area contributed by atoms with E-state index in [1.54, 1.807) is 0 Å². The van der Waals surface area contributed by atoms with E-state index in [2.05, 4.69) is 194 Å². The maximum absolute atomic E-state index is 2.38. The Morgan fingerprint density at radius 1 is 0.200 bits per heavy atom. The summed E-state index contributed by atoms with van der Waals surface area (Å²) in [6.07, 6.45) is 0. The quantitative estimate of drug-likeness (QED) is 0.134. The van der Waals surface area contributed by atoms with E-state index in [4.69, 9.17) is 0 Å². The van der Waals surface area contributed by atoms with Crippen LogP contribution >= 0.6 is 0 Å². The van der Waals surface area contributed by atoms with Gasteiger partial charge >= 0.3 is 0 Å². The minimum absolute atomic E-state index is 1.21. The molecule has 0 aliphatic rings. The third kappa shape index (κ3) is 4.69. The summed E-state index contributed by atoms with van der Waals surface area (Å²) in [5.74, 6) is 0. The molecule has 0 aliphatic carbocycles. The van der Waals surface area contributed by atoms with E-state index in [1.807, 2.05) is 0 Å². The molecule has 0 N–H and O–H groups in total. The van der Waals surface area contributed by atoms with E-state index in [-0.39, 0.29) is 0 Å². The number of hydrogen-bond acceptors (Lipinski definition) is 0. The zero-order chi connectivity index (χ0) is 33.0. The molecule has 0 spiro atoms. The highest BCUT2D eigenvalue weighted by molar-refractivity contribution is 6.28. The molecular weight excluding hydrogens is 601 g/mol. The van der Waals surface area contributed by atoms with Crippen LogP contribution in [0.3, 0.4) is 0 Å². The second-order valence-corrected chi connectivity index (χ2v) is 13.3. The van der Waals surface area contributed by atoms with Crippen LogP contribution in [0.2, 0.25) is 0 Å². The molecule has 0 heterocycles. The fourth-order valence-corrected chi connectivity index (χ4v) is 7.98. The summed E-state index contributed by atoms with van der Waals surface area (Å²) in [6.45, 7) is 0. The molecule has 10 aromatic carbocycles. The van der Waals surface area contributed by atoms with Crippen molar-refractivity contribution in [1.82, 2.24) is 0 Å². The molecule has 10 aromatic rings. The van der Waals surface area contributed by atoms with Gasteiger partial charge in [-0.25, -0.2) is 0 Å². The fourth-order valence-electron chi connectivity index (χ4n) is 7.98. The van der Waals surface area contributed by atoms with E-state index in [1.165, 1.54) is 98.4 Å². The summed E-state index contributed by atoms with van der Waals surface area (Å²) in [4.78, 5) is 0. The molecule has 0 saturated heterocycles. The first kappa shape index (κ1) is 28.5. The first-order valence-electron chi connectivity index (χ1n) is 17.3. The summed E-state index contributed by atoms with van der Waals surface area (Å²) in [7, 11) is 0. The Balaban J connectivity index is 1.18. The Morgan fingerprint density at radius 2 is 0.640 bits per heavy atom. The lowest BCUT2D eigenvalue weighted by Crippen LogP contribution is -1.92. The van der Waals surface area contributed by atoms with Crippen LogP contribution in [0.1, 0.15) is 0 Å². The smallest absolute Gasteiger partial charge is 0.00141 e. The van der Waals surface area contributed by atoms with Crippen molar-refractivity contribution in [2.75, 3.05) is 0 Å². The number of rotatable bonds is 4. The zero-order valence-corrected chi connectivity index (χ0v) is 27.5. The normalized spacial score (nSPS) is 11.6. The highest BCUT2D eigenvalue weighted by atomic mass is 14.2. The van der Waals surface area contributed by atoms with Crippen molar-refractivity contribution >= 4 is 53.9 Å². The van der Waals surface area contributed by atoms with Gasteiger partial charge in [0, 0.05) is 0 Å². The molecular formula is C50H32. The van der Waals surface area contributed by atoms with Crippen LogP contribution in [0.25, 0.3) is 98.4 Å². The molecule has 0 amide bonds. The average Bonchev–Trinajstić information content (AvgIpc) is 3.19. The molecule has 232 valence electrons. The third-order valence-corrected chi connectivity index (χ3v) is 10.4. The molecule has 0 bridgehead atoms. The Kier molecular flexibility index (Phi) is 6.60. The molecule has 0 aliphatic heterocycles. The van der Waals surface area contributed by atoms with Crippen molar-refractivity contribution in [3.63, 3.8) is 0 Å². The standard InChI is InChI=1S/C50H32/c1-3-13-38-30-41(26-24-33(38)10-1)36-22-20-35(21-23-36)40-15-9-16-42(31-40)49-46-19-8-7-18-45(46)48(43-27-25-34-11-2-4-14-39(34)32-43)47-29-28-37-12-5-6-17-44(37)50(47)49/h1-32H. The van der Waals surface area contributed by atoms with Crippen LogP contribution in [0, 0.1) is 0 Å². The highest BCUT2D eigenvalue weighted by Crippen LogP contribution is 2.47. The summed E-state index contributed by atoms with van der Waals surface area (Å²) < 4.78 is 0. The molecule has 0 aromatic heterocycles. The second-order valence-electron chi connectivity index (χ2n) is 13.3. The Hall–Kier alpha value is -6.50. The molecule has 10 rings (SSSR count). The van der Waals surface area contributed by atoms with Gasteiger partial charge in [0.2, 0.25) is 0 Å². The summed E-state index contributed by atoms with van der Waals surface area (Å²) in [6, 6.07) is 71.4. The van der Waals surface area contributed by atoms with Gasteiger partial charge in [-0.1, -0.05) is 176 Å². The highest BCUT2D eigenvalue weighted by Gasteiger charge is 2.19. The van der Waals surface area contributed by atoms with Crippen molar-refractivity contribution in [1.29, 1.82) is 0 Å². The number of fused-ring (bicyclic) bond motifs is 6. The maximum Gasteiger partial charge on any atom is -0.00141 e. The lowest BCUT2D eigenvalue weighted by Gasteiger charge is -2.20. The lowest BCUT2D eigenvalue weighted by atomic mass is 9.83. The SMILES string of the molecule is c1cc(-c2ccc(-c3ccc4ccccc4c3)cc2)cc(-c2c3ccccc3c(-c3ccc4ccccc4c3)c3ccc4ccccc4c23)c1. The topological polar surface area (TPSA) is 0 Å². The minimum atomic E-state index is 1.21. The zero-order valence-electron chi connectivity index (χ0n) is 27.5. The van der Waals surface area contributed by atoms with Crippen molar-refractivity contribution < 1.29 is 0 Å². The molecule has 0 atom stereocenters. The molecule has 0 fully saturated rings. The predicted octanol–water partition coefficient (Wildman–Crippen LogP) is 14.1. The van der Waals surface area contributed by atoms with Gasteiger partial charge in [-0.05, 0) is 117 Å². The Morgan fingerprint density at radius 3 is 1.32 bits per heavy atom. The van der Waals surface area contributed by atoms with Gasteiger partial charge in [0.15, 0.2) is 0 Å². The number of benzene rings is 10. The average molecular weight is 633 g/mol. The molecule has 0 heteroatoms. The van der Waals surface area contributed by atoms with Crippen LogP contribution in [0.5, 0.6) is 0 Å². The van der Waals surface area contributed by atoms with Crippen LogP contribution in [-0.4, -0.2) is 0 Å². The van der Waals surface area contributed by atoms with Gasteiger partial charge in [0.25, 0.3) is 0 Å². The lowest BCUT2D eigenvalue weighted by molar-refractivity contribution is 1.59. The Bertz CT molecular complexity index is 2910. The molecule has 0 saturated carbocycles. The van der Waals surface area contributed by atoms with Crippen LogP contribution < -0.4 is 0 Å². The first-order chi connectivity index (χ1) is 24.8. The van der Waals surface area contributed by atoms with E-state index in [0.29, 0.717) is 0 Å². The molecule has 0 nitrogen and oxygen atoms in total. The van der Waals surface area contributed by atoms with Gasteiger partial charge in [-0.3, -0.25) is 0 Å². The third-order valence-electron chi connectivity index (χ3n) is 10.4. The monoisotopic (exact) mass is 632 g/mol. The van der Waals surface area contributed by atoms with Gasteiger partial charge in [-0.2, -0.15) is 0 Å². The van der Waals surface area contributed by atoms with E-state index in [0.717, 1.165) is 0 Å². The van der Waals surface area contributed by atoms with Crippen molar-refractivity contribution in [2.24, 2.45) is 0 Å². The van der Waals surface area contributed by atoms with E-state index < -0.39 is 0 Å². The first-order valence-corrected chi connectivity index (χ1v) is 17.3. The molecule has 0 unspecified atom stereocenters. The van der Waals surface area contributed by atoms with Crippen molar-refractivity contribution in [3.05, 3.63) is 194 Å². The fraction of sp³-hybridized carbons (Fsp3) is 0. The second kappa shape index (κ2) is 11.6. The summed E-state index contributed by atoms with van der Waals surface area (Å²) >= 11 is 0. The summed E-state index contributed by atoms with van der Waals surface area (Å²) in [5.41, 5.74) is 9.92. The largest absolute Gasteiger partial charge is 0.0616 e. The summed E-state index contributed by atoms with van der Waals surface area (Å²) in [5, 5.41) is 12.7. The molecule has 50 heavy (non-hydrogen) atoms. The van der Waals surface area contributed by atoms with Gasteiger partial charge < -0.3 is 0 Å². The molecule has 0 radical (unpaired) electrons. The van der Waals surface area contributed by atoms with Gasteiger partial charge in [-0.15, -0.1) is 0 Å². The van der Waals surface area contributed by atoms with Crippen LogP contribution in [0.4, 0.5) is 0 Å². The Labute approximate surface area is 291 Å². The van der Waals surface area contributed by atoms with Crippen LogP contribution in [0.15, 0.2) is 194 Å².